The van der Waals surface area contributed by atoms with Crippen LogP contribution >= 0.6 is 0 Å². The Kier molecular flexibility index (Phi) is 6.12. The molecule has 0 N–H and O–H groups in total. The van der Waals surface area contributed by atoms with Gasteiger partial charge in [0.15, 0.2) is 0 Å². The zero-order chi connectivity index (χ0) is 23.5. The van der Waals surface area contributed by atoms with Gasteiger partial charge >= 0.3 is 0 Å². The van der Waals surface area contributed by atoms with Crippen molar-refractivity contribution in [1.82, 2.24) is 5.01 Å². The Morgan fingerprint density at radius 3 is 2.38 bits per heavy atom. The lowest BCUT2D eigenvalue weighted by molar-refractivity contribution is -0.134. The Balaban J connectivity index is 1.33. The van der Waals surface area contributed by atoms with Crippen LogP contribution in [0, 0.1) is 0 Å². The van der Waals surface area contributed by atoms with Gasteiger partial charge in [0.25, 0.3) is 0 Å². The van der Waals surface area contributed by atoms with E-state index in [1.165, 1.54) is 5.56 Å². The van der Waals surface area contributed by atoms with Crippen molar-refractivity contribution in [1.29, 1.82) is 0 Å². The lowest BCUT2D eigenvalue weighted by Gasteiger charge is -2.23. The topological polar surface area (TPSA) is 62.2 Å². The Bertz CT molecular complexity index is 1220. The molecule has 0 saturated heterocycles. The number of carbonyl (C=O) groups excluding carboxylic acids is 2. The number of hydrogen-bond acceptors (Lipinski definition) is 4. The van der Waals surface area contributed by atoms with Gasteiger partial charge < -0.3 is 9.64 Å². The minimum Gasteiger partial charge on any atom is -0.497 e. The fraction of sp³-hybridized carbons (Fsp3) is 0.250. The van der Waals surface area contributed by atoms with Crippen molar-refractivity contribution in [2.75, 3.05) is 18.6 Å². The Morgan fingerprint density at radius 1 is 0.912 bits per heavy atom. The van der Waals surface area contributed by atoms with E-state index in [0.29, 0.717) is 13.0 Å². The van der Waals surface area contributed by atoms with Crippen LogP contribution in [0.4, 0.5) is 5.69 Å². The number of hydrogen-bond donors (Lipinski definition) is 0. The Labute approximate surface area is 199 Å². The normalized spacial score (nSPS) is 16.9. The maximum Gasteiger partial charge on any atom is 0.243 e. The summed E-state index contributed by atoms with van der Waals surface area (Å²) in [5, 5.41) is 6.28. The number of fused-ring (bicyclic) bond motifs is 1. The molecule has 2 amide bonds. The lowest BCUT2D eigenvalue weighted by atomic mass is 9.98. The highest BCUT2D eigenvalue weighted by Crippen LogP contribution is 2.34. The summed E-state index contributed by atoms with van der Waals surface area (Å²) in [7, 11) is 1.63. The molecular weight excluding hydrogens is 426 g/mol. The average Bonchev–Trinajstić information content (AvgIpc) is 3.53. The molecule has 0 spiro atoms. The fourth-order valence-corrected chi connectivity index (χ4v) is 4.69. The first kappa shape index (κ1) is 21.9. The van der Waals surface area contributed by atoms with Crippen LogP contribution in [0.15, 0.2) is 84.0 Å². The van der Waals surface area contributed by atoms with Crippen molar-refractivity contribution in [3.63, 3.8) is 0 Å². The van der Waals surface area contributed by atoms with Gasteiger partial charge in [-0.05, 0) is 41.3 Å². The van der Waals surface area contributed by atoms with E-state index < -0.39 is 0 Å². The van der Waals surface area contributed by atoms with Crippen molar-refractivity contribution in [2.45, 2.75) is 31.7 Å². The second kappa shape index (κ2) is 9.51. The van der Waals surface area contributed by atoms with Crippen molar-refractivity contribution in [3.8, 4) is 5.75 Å². The van der Waals surface area contributed by atoms with Gasteiger partial charge in [0.05, 0.1) is 18.9 Å². The molecule has 0 saturated carbocycles. The second-order valence-electron chi connectivity index (χ2n) is 8.57. The van der Waals surface area contributed by atoms with E-state index in [4.69, 9.17) is 9.84 Å². The summed E-state index contributed by atoms with van der Waals surface area (Å²) >= 11 is 0. The molecule has 6 heteroatoms. The minimum atomic E-state index is -0.212. The summed E-state index contributed by atoms with van der Waals surface area (Å²) in [5.41, 5.74) is 5.00. The summed E-state index contributed by atoms with van der Waals surface area (Å²) < 4.78 is 5.28. The van der Waals surface area contributed by atoms with Crippen LogP contribution in [-0.4, -0.2) is 36.2 Å². The SMILES string of the molecule is COc1ccc([C@H]2CC(c3ccccc3)=NN2C(=O)CCC(=O)N2CCc3ccccc32)cc1. The zero-order valence-electron chi connectivity index (χ0n) is 19.2. The first-order valence-electron chi connectivity index (χ1n) is 11.6. The second-order valence-corrected chi connectivity index (χ2v) is 8.57. The van der Waals surface area contributed by atoms with Crippen LogP contribution in [0.5, 0.6) is 5.75 Å². The van der Waals surface area contributed by atoms with Crippen molar-refractivity contribution in [3.05, 3.63) is 95.6 Å². The maximum atomic E-state index is 13.3. The van der Waals surface area contributed by atoms with Crippen molar-refractivity contribution < 1.29 is 14.3 Å². The van der Waals surface area contributed by atoms with Gasteiger partial charge in [0.2, 0.25) is 11.8 Å². The Morgan fingerprint density at radius 2 is 1.62 bits per heavy atom. The number of para-hydroxylation sites is 1. The highest BCUT2D eigenvalue weighted by Gasteiger charge is 2.33. The quantitative estimate of drug-likeness (QED) is 0.542. The van der Waals surface area contributed by atoms with E-state index >= 15 is 0 Å². The van der Waals surface area contributed by atoms with Crippen LogP contribution in [0.25, 0.3) is 0 Å². The number of nitrogens with zero attached hydrogens (tertiary/aromatic N) is 3. The number of benzene rings is 3. The van der Waals surface area contributed by atoms with Crippen molar-refractivity contribution in [2.24, 2.45) is 5.10 Å². The van der Waals surface area contributed by atoms with Gasteiger partial charge in [-0.2, -0.15) is 5.10 Å². The number of hydrazone groups is 1. The standard InChI is InChI=1S/C28H27N3O3/c1-34-23-13-11-22(12-14-23)26-19-24(20-7-3-2-4-8-20)29-31(26)28(33)16-15-27(32)30-18-17-21-9-5-6-10-25(21)30/h2-14,26H,15-19H2,1H3/t26-/m1/s1. The summed E-state index contributed by atoms with van der Waals surface area (Å²) in [4.78, 5) is 28.1. The number of ether oxygens (including phenoxy) is 1. The highest BCUT2D eigenvalue weighted by molar-refractivity contribution is 6.03. The van der Waals surface area contributed by atoms with Gasteiger partial charge in [0.1, 0.15) is 5.75 Å². The van der Waals surface area contributed by atoms with Crippen LogP contribution < -0.4 is 9.64 Å². The van der Waals surface area contributed by atoms with Crippen LogP contribution in [-0.2, 0) is 16.0 Å². The third-order valence-corrected chi connectivity index (χ3v) is 6.51. The van der Waals surface area contributed by atoms with E-state index in [1.54, 1.807) is 17.0 Å². The molecule has 2 aliphatic rings. The molecule has 0 radical (unpaired) electrons. The van der Waals surface area contributed by atoms with E-state index in [9.17, 15) is 9.59 Å². The molecule has 172 valence electrons. The zero-order valence-corrected chi connectivity index (χ0v) is 19.2. The van der Waals surface area contributed by atoms with E-state index in [1.807, 2.05) is 72.8 Å². The summed E-state index contributed by atoms with van der Waals surface area (Å²) in [6.07, 6.45) is 1.76. The number of methoxy groups -OCH3 is 1. The molecule has 0 aliphatic carbocycles. The van der Waals surface area contributed by atoms with Crippen LogP contribution in [0.3, 0.4) is 0 Å². The number of carbonyl (C=O) groups is 2. The minimum absolute atomic E-state index is 0.0224. The molecule has 0 aromatic heterocycles. The predicted octanol–water partition coefficient (Wildman–Crippen LogP) is 4.74. The summed E-state index contributed by atoms with van der Waals surface area (Å²) in [6.45, 7) is 0.668. The molecule has 0 fully saturated rings. The smallest absolute Gasteiger partial charge is 0.243 e. The monoisotopic (exact) mass is 453 g/mol. The first-order valence-corrected chi connectivity index (χ1v) is 11.6. The predicted molar refractivity (Wildman–Crippen MR) is 132 cm³/mol. The highest BCUT2D eigenvalue weighted by atomic mass is 16.5. The molecule has 2 aliphatic heterocycles. The third kappa shape index (κ3) is 4.31. The van der Waals surface area contributed by atoms with Gasteiger partial charge in [-0.1, -0.05) is 60.7 Å². The first-order chi connectivity index (χ1) is 16.6. The number of rotatable bonds is 6. The van der Waals surface area contributed by atoms with Gasteiger partial charge in [-0.15, -0.1) is 0 Å². The molecule has 34 heavy (non-hydrogen) atoms. The molecule has 0 unspecified atom stereocenters. The molecule has 3 aromatic carbocycles. The maximum absolute atomic E-state index is 13.3. The average molecular weight is 454 g/mol. The molecule has 1 atom stereocenters. The summed E-state index contributed by atoms with van der Waals surface area (Å²) in [5.74, 6) is 0.596. The molecule has 0 bridgehead atoms. The van der Waals surface area contributed by atoms with E-state index in [0.717, 1.165) is 34.7 Å². The molecule has 2 heterocycles. The molecule has 5 rings (SSSR count). The summed E-state index contributed by atoms with van der Waals surface area (Å²) in [6, 6.07) is 25.4. The van der Waals surface area contributed by atoms with E-state index in [2.05, 4.69) is 6.07 Å². The van der Waals surface area contributed by atoms with Crippen LogP contribution in [0.2, 0.25) is 0 Å². The van der Waals surface area contributed by atoms with Crippen LogP contribution in [0.1, 0.15) is 42.0 Å². The molecular formula is C28H27N3O3. The largest absolute Gasteiger partial charge is 0.497 e. The third-order valence-electron chi connectivity index (χ3n) is 6.51. The fourth-order valence-electron chi connectivity index (χ4n) is 4.69. The van der Waals surface area contributed by atoms with Gasteiger partial charge in [0, 0.05) is 31.5 Å². The van der Waals surface area contributed by atoms with E-state index in [-0.39, 0.29) is 30.7 Å². The number of anilines is 1. The molecule has 3 aromatic rings. The van der Waals surface area contributed by atoms with Gasteiger partial charge in [-0.3, -0.25) is 9.59 Å². The molecule has 6 nitrogen and oxygen atoms in total. The lowest BCUT2D eigenvalue weighted by Crippen LogP contribution is -2.32. The number of amides is 2. The Hall–Kier alpha value is -3.93. The van der Waals surface area contributed by atoms with Gasteiger partial charge in [-0.25, -0.2) is 5.01 Å². The van der Waals surface area contributed by atoms with Crippen molar-refractivity contribution >= 4 is 23.2 Å².